The zero-order valence-corrected chi connectivity index (χ0v) is 16.8. The fraction of sp³-hybridized carbons (Fsp3) is 0.381. The van der Waals surface area contributed by atoms with Crippen LogP contribution in [0.3, 0.4) is 0 Å². The predicted molar refractivity (Wildman–Crippen MR) is 107 cm³/mol. The summed E-state index contributed by atoms with van der Waals surface area (Å²) in [6.45, 7) is 3.84. The number of pyridine rings is 1. The highest BCUT2D eigenvalue weighted by Crippen LogP contribution is 2.38. The molecule has 3 heterocycles. The van der Waals surface area contributed by atoms with Gasteiger partial charge >= 0.3 is 6.18 Å². The Balaban J connectivity index is 1.89. The van der Waals surface area contributed by atoms with E-state index < -0.39 is 11.7 Å². The molecule has 1 aromatic carbocycles. The average molecular weight is 421 g/mol. The van der Waals surface area contributed by atoms with Gasteiger partial charge in [0.15, 0.2) is 0 Å². The summed E-state index contributed by atoms with van der Waals surface area (Å²) in [4.78, 5) is 13.4. The van der Waals surface area contributed by atoms with Crippen molar-refractivity contribution in [2.24, 2.45) is 0 Å². The van der Waals surface area contributed by atoms with Crippen molar-refractivity contribution in [2.75, 3.05) is 5.32 Å². The maximum absolute atomic E-state index is 13.6. The monoisotopic (exact) mass is 420 g/mol. The molecular formula is C21H20ClF3N4. The smallest absolute Gasteiger partial charge is 0.363 e. The van der Waals surface area contributed by atoms with Crippen LogP contribution in [0.5, 0.6) is 0 Å². The van der Waals surface area contributed by atoms with Gasteiger partial charge in [-0.15, -0.1) is 0 Å². The number of benzene rings is 1. The Morgan fingerprint density at radius 1 is 1.17 bits per heavy atom. The minimum absolute atomic E-state index is 0.00512. The van der Waals surface area contributed by atoms with Crippen molar-refractivity contribution >= 4 is 28.3 Å². The molecule has 152 valence electrons. The third kappa shape index (κ3) is 3.88. The molecule has 3 aromatic rings. The Bertz CT molecular complexity index is 1070. The van der Waals surface area contributed by atoms with Gasteiger partial charge in [0, 0.05) is 11.3 Å². The second-order valence-electron chi connectivity index (χ2n) is 7.49. The summed E-state index contributed by atoms with van der Waals surface area (Å²) in [6.07, 6.45) is -1.14. The van der Waals surface area contributed by atoms with Gasteiger partial charge in [0.05, 0.1) is 23.3 Å². The summed E-state index contributed by atoms with van der Waals surface area (Å²) in [6, 6.07) is 5.68. The molecule has 2 unspecified atom stereocenters. The van der Waals surface area contributed by atoms with E-state index >= 15 is 0 Å². The van der Waals surface area contributed by atoms with Gasteiger partial charge in [-0.25, -0.2) is 15.0 Å². The zero-order valence-electron chi connectivity index (χ0n) is 16.0. The van der Waals surface area contributed by atoms with Gasteiger partial charge < -0.3 is 5.32 Å². The molecule has 2 atom stereocenters. The molecule has 0 saturated carbocycles. The molecule has 2 aromatic heterocycles. The van der Waals surface area contributed by atoms with Crippen molar-refractivity contribution in [3.05, 3.63) is 58.1 Å². The van der Waals surface area contributed by atoms with Crippen molar-refractivity contribution in [3.63, 3.8) is 0 Å². The zero-order chi connectivity index (χ0) is 20.8. The van der Waals surface area contributed by atoms with Crippen LogP contribution in [-0.2, 0) is 12.6 Å². The summed E-state index contributed by atoms with van der Waals surface area (Å²) in [5, 5.41) is 4.30. The van der Waals surface area contributed by atoms with Crippen LogP contribution < -0.4 is 5.32 Å². The van der Waals surface area contributed by atoms with Crippen molar-refractivity contribution in [3.8, 4) is 0 Å². The Morgan fingerprint density at radius 3 is 2.72 bits per heavy atom. The molecule has 4 nitrogen and oxygen atoms in total. The highest BCUT2D eigenvalue weighted by molar-refractivity contribution is 6.30. The SMILES string of the molecule is CC1CCCc2c(cccc2C(F)(F)F)C(C)Nc2nc1nc1cnc(Cl)cc21. The first kappa shape index (κ1) is 19.9. The summed E-state index contributed by atoms with van der Waals surface area (Å²) in [7, 11) is 0. The fourth-order valence-electron chi connectivity index (χ4n) is 3.91. The van der Waals surface area contributed by atoms with Crippen LogP contribution in [0.1, 0.15) is 61.2 Å². The van der Waals surface area contributed by atoms with E-state index in [0.29, 0.717) is 58.1 Å². The van der Waals surface area contributed by atoms with E-state index in [1.807, 2.05) is 13.8 Å². The van der Waals surface area contributed by atoms with Gasteiger partial charge in [-0.2, -0.15) is 13.2 Å². The molecule has 0 amide bonds. The molecule has 4 rings (SSSR count). The third-order valence-corrected chi connectivity index (χ3v) is 5.61. The van der Waals surface area contributed by atoms with E-state index in [9.17, 15) is 13.2 Å². The van der Waals surface area contributed by atoms with Gasteiger partial charge in [-0.1, -0.05) is 30.7 Å². The van der Waals surface area contributed by atoms with Crippen molar-refractivity contribution < 1.29 is 13.2 Å². The number of alkyl halides is 3. The Morgan fingerprint density at radius 2 is 1.97 bits per heavy atom. The number of hydrogen-bond donors (Lipinski definition) is 1. The minimum atomic E-state index is -4.39. The maximum atomic E-state index is 13.6. The maximum Gasteiger partial charge on any atom is 0.416 e. The first-order chi connectivity index (χ1) is 13.7. The number of rotatable bonds is 0. The Kier molecular flexibility index (Phi) is 5.11. The molecule has 1 N–H and O–H groups in total. The van der Waals surface area contributed by atoms with Crippen molar-refractivity contribution in [2.45, 2.75) is 51.2 Å². The molecular weight excluding hydrogens is 401 g/mol. The van der Waals surface area contributed by atoms with E-state index in [-0.39, 0.29) is 12.0 Å². The van der Waals surface area contributed by atoms with Gasteiger partial charge in [0.25, 0.3) is 0 Å². The van der Waals surface area contributed by atoms with Crippen molar-refractivity contribution in [1.29, 1.82) is 0 Å². The first-order valence-corrected chi connectivity index (χ1v) is 9.90. The summed E-state index contributed by atoms with van der Waals surface area (Å²) in [5.74, 6) is 1.21. The average Bonchev–Trinajstić information content (AvgIpc) is 2.68. The topological polar surface area (TPSA) is 50.7 Å². The molecule has 0 saturated heterocycles. The molecule has 0 fully saturated rings. The van der Waals surface area contributed by atoms with Crippen LogP contribution in [-0.4, -0.2) is 15.0 Å². The van der Waals surface area contributed by atoms with E-state index in [1.165, 1.54) is 6.07 Å². The van der Waals surface area contributed by atoms with E-state index in [1.54, 1.807) is 18.3 Å². The quantitative estimate of drug-likeness (QED) is 0.433. The van der Waals surface area contributed by atoms with E-state index in [4.69, 9.17) is 11.6 Å². The van der Waals surface area contributed by atoms with Gasteiger partial charge in [-0.3, -0.25) is 0 Å². The number of halogens is 4. The van der Waals surface area contributed by atoms with Gasteiger partial charge in [-0.05, 0) is 49.4 Å². The molecule has 1 aliphatic rings. The standard InChI is InChI=1S/C21H20ClF3N4/c1-11-5-3-7-14-13(6-4-8-16(14)21(23,24)25)12(2)27-20-15-9-18(22)26-10-17(15)28-19(11)29-20/h4,6,8-12H,3,5,7H2,1-2H3,(H,27,28,29). The third-order valence-electron chi connectivity index (χ3n) is 5.41. The molecule has 8 heteroatoms. The number of hydrogen-bond acceptors (Lipinski definition) is 4. The highest BCUT2D eigenvalue weighted by Gasteiger charge is 2.34. The first-order valence-electron chi connectivity index (χ1n) is 9.52. The minimum Gasteiger partial charge on any atom is -0.363 e. The number of nitrogens with one attached hydrogen (secondary N) is 1. The molecule has 0 aliphatic carbocycles. The second-order valence-corrected chi connectivity index (χ2v) is 7.87. The van der Waals surface area contributed by atoms with Crippen LogP contribution in [0.25, 0.3) is 10.9 Å². The largest absolute Gasteiger partial charge is 0.416 e. The van der Waals surface area contributed by atoms with Crippen LogP contribution in [0.4, 0.5) is 19.0 Å². The number of anilines is 1. The molecule has 2 bridgehead atoms. The van der Waals surface area contributed by atoms with Crippen LogP contribution in [0.15, 0.2) is 30.5 Å². The highest BCUT2D eigenvalue weighted by atomic mass is 35.5. The Hall–Kier alpha value is -2.41. The fourth-order valence-corrected chi connectivity index (χ4v) is 4.06. The molecule has 1 aliphatic heterocycles. The van der Waals surface area contributed by atoms with E-state index in [0.717, 1.165) is 6.07 Å². The van der Waals surface area contributed by atoms with Gasteiger partial charge in [0.2, 0.25) is 0 Å². The summed E-state index contributed by atoms with van der Waals surface area (Å²) < 4.78 is 40.9. The summed E-state index contributed by atoms with van der Waals surface area (Å²) in [5.41, 5.74) is 1.07. The molecule has 0 radical (unpaired) electrons. The second kappa shape index (κ2) is 7.44. The van der Waals surface area contributed by atoms with Gasteiger partial charge in [0.1, 0.15) is 16.8 Å². The Labute approximate surface area is 171 Å². The van der Waals surface area contributed by atoms with E-state index in [2.05, 4.69) is 20.3 Å². The summed E-state index contributed by atoms with van der Waals surface area (Å²) >= 11 is 6.06. The lowest BCUT2D eigenvalue weighted by Gasteiger charge is -2.22. The lowest BCUT2D eigenvalue weighted by molar-refractivity contribution is -0.138. The normalized spacial score (nSPS) is 19.9. The van der Waals surface area contributed by atoms with Crippen molar-refractivity contribution in [1.82, 2.24) is 15.0 Å². The lowest BCUT2D eigenvalue weighted by Crippen LogP contribution is -2.16. The number of fused-ring (bicyclic) bond motifs is 5. The number of nitrogens with zero attached hydrogens (tertiary/aromatic N) is 3. The lowest BCUT2D eigenvalue weighted by atomic mass is 9.91. The molecule has 29 heavy (non-hydrogen) atoms. The van der Waals surface area contributed by atoms with Crippen LogP contribution >= 0.6 is 11.6 Å². The van der Waals surface area contributed by atoms with Crippen LogP contribution in [0, 0.1) is 0 Å². The predicted octanol–water partition coefficient (Wildman–Crippen LogP) is 6.31. The van der Waals surface area contributed by atoms with Crippen LogP contribution in [0.2, 0.25) is 5.15 Å². The number of aromatic nitrogens is 3. The molecule has 0 spiro atoms.